The van der Waals surface area contributed by atoms with Crippen molar-refractivity contribution in [3.63, 3.8) is 0 Å². The van der Waals surface area contributed by atoms with E-state index >= 15 is 0 Å². The third-order valence-corrected chi connectivity index (χ3v) is 5.94. The van der Waals surface area contributed by atoms with Gasteiger partial charge in [0.1, 0.15) is 23.7 Å². The molecule has 3 heterocycles. The van der Waals surface area contributed by atoms with E-state index in [2.05, 4.69) is 31.2 Å². The summed E-state index contributed by atoms with van der Waals surface area (Å²) in [6.07, 6.45) is 7.09. The Bertz CT molecular complexity index is 828. The summed E-state index contributed by atoms with van der Waals surface area (Å²) in [5, 5.41) is 3.04. The van der Waals surface area contributed by atoms with Crippen molar-refractivity contribution in [1.29, 1.82) is 0 Å². The first kappa shape index (κ1) is 20.4. The molecule has 30 heavy (non-hydrogen) atoms. The van der Waals surface area contributed by atoms with Crippen molar-refractivity contribution in [2.24, 2.45) is 5.92 Å². The van der Waals surface area contributed by atoms with E-state index in [4.69, 9.17) is 4.74 Å². The molecule has 0 radical (unpaired) electrons. The fourth-order valence-electron chi connectivity index (χ4n) is 4.22. The van der Waals surface area contributed by atoms with E-state index < -0.39 is 0 Å². The molecule has 0 atom stereocenters. The molecule has 0 unspecified atom stereocenters. The summed E-state index contributed by atoms with van der Waals surface area (Å²) in [5.41, 5.74) is 0.813. The van der Waals surface area contributed by atoms with Crippen LogP contribution in [0, 0.1) is 5.92 Å². The number of ether oxygens (including phenoxy) is 1. The molecule has 160 valence electrons. The molecule has 7 heteroatoms. The second-order valence-corrected chi connectivity index (χ2v) is 7.99. The van der Waals surface area contributed by atoms with E-state index in [-0.39, 0.29) is 11.8 Å². The molecule has 2 saturated heterocycles. The number of piperidine rings is 2. The van der Waals surface area contributed by atoms with Gasteiger partial charge in [-0.05, 0) is 63.3 Å². The molecule has 4 rings (SSSR count). The molecule has 1 amide bonds. The van der Waals surface area contributed by atoms with Crippen molar-refractivity contribution >= 4 is 23.2 Å². The third-order valence-electron chi connectivity index (χ3n) is 5.94. The fourth-order valence-corrected chi connectivity index (χ4v) is 4.22. The Morgan fingerprint density at radius 2 is 1.63 bits per heavy atom. The largest absolute Gasteiger partial charge is 0.494 e. The summed E-state index contributed by atoms with van der Waals surface area (Å²) in [7, 11) is 0. The van der Waals surface area contributed by atoms with Crippen LogP contribution in [0.4, 0.5) is 17.3 Å². The minimum Gasteiger partial charge on any atom is -0.494 e. The van der Waals surface area contributed by atoms with Crippen LogP contribution >= 0.6 is 0 Å². The number of hydrogen-bond acceptors (Lipinski definition) is 6. The SMILES string of the molecule is CCOc1ccc(NC(=O)C2CCN(c3cc(N4CCCCC4)ncn3)CC2)cc1. The minimum absolute atomic E-state index is 0.0243. The van der Waals surface area contributed by atoms with Crippen LogP contribution in [0.3, 0.4) is 0 Å². The summed E-state index contributed by atoms with van der Waals surface area (Å²) < 4.78 is 5.45. The maximum Gasteiger partial charge on any atom is 0.227 e. The fraction of sp³-hybridized carbons (Fsp3) is 0.522. The van der Waals surface area contributed by atoms with Crippen LogP contribution in [-0.2, 0) is 4.79 Å². The topological polar surface area (TPSA) is 70.6 Å². The van der Waals surface area contributed by atoms with Crippen molar-refractivity contribution in [3.05, 3.63) is 36.7 Å². The second kappa shape index (κ2) is 9.78. The molecule has 2 aliphatic heterocycles. The Labute approximate surface area is 178 Å². The Hall–Kier alpha value is -2.83. The Morgan fingerprint density at radius 3 is 2.27 bits per heavy atom. The van der Waals surface area contributed by atoms with Gasteiger partial charge >= 0.3 is 0 Å². The van der Waals surface area contributed by atoms with Crippen molar-refractivity contribution in [2.45, 2.75) is 39.0 Å². The molecule has 2 aromatic rings. The van der Waals surface area contributed by atoms with Gasteiger partial charge < -0.3 is 19.9 Å². The van der Waals surface area contributed by atoms with Crippen LogP contribution in [0.15, 0.2) is 36.7 Å². The van der Waals surface area contributed by atoms with Gasteiger partial charge in [0.2, 0.25) is 5.91 Å². The maximum atomic E-state index is 12.7. The summed E-state index contributed by atoms with van der Waals surface area (Å²) in [4.78, 5) is 26.3. The number of nitrogens with one attached hydrogen (secondary N) is 1. The highest BCUT2D eigenvalue weighted by Crippen LogP contribution is 2.26. The van der Waals surface area contributed by atoms with Crippen LogP contribution in [0.1, 0.15) is 39.0 Å². The zero-order valence-electron chi connectivity index (χ0n) is 17.7. The van der Waals surface area contributed by atoms with Crippen LogP contribution in [0.5, 0.6) is 5.75 Å². The predicted molar refractivity (Wildman–Crippen MR) is 119 cm³/mol. The van der Waals surface area contributed by atoms with E-state index in [9.17, 15) is 4.79 Å². The van der Waals surface area contributed by atoms with Crippen molar-refractivity contribution in [1.82, 2.24) is 9.97 Å². The summed E-state index contributed by atoms with van der Waals surface area (Å²) >= 11 is 0. The van der Waals surface area contributed by atoms with Gasteiger partial charge in [-0.3, -0.25) is 4.79 Å². The number of hydrogen-bond donors (Lipinski definition) is 1. The summed E-state index contributed by atoms with van der Waals surface area (Å²) in [5.74, 6) is 2.93. The quantitative estimate of drug-likeness (QED) is 0.784. The number of amides is 1. The summed E-state index contributed by atoms with van der Waals surface area (Å²) in [6, 6.07) is 9.65. The van der Waals surface area contributed by atoms with Crippen molar-refractivity contribution in [2.75, 3.05) is 47.9 Å². The van der Waals surface area contributed by atoms with Gasteiger partial charge in [0.25, 0.3) is 0 Å². The lowest BCUT2D eigenvalue weighted by Crippen LogP contribution is -2.39. The van der Waals surface area contributed by atoms with Crippen molar-refractivity contribution < 1.29 is 9.53 Å². The minimum atomic E-state index is 0.0243. The number of nitrogens with zero attached hydrogens (tertiary/aromatic N) is 4. The van der Waals surface area contributed by atoms with E-state index in [1.165, 1.54) is 19.3 Å². The summed E-state index contributed by atoms with van der Waals surface area (Å²) in [6.45, 7) is 6.40. The normalized spacial score (nSPS) is 17.6. The van der Waals surface area contributed by atoms with Gasteiger partial charge in [-0.2, -0.15) is 0 Å². The number of benzene rings is 1. The molecular weight excluding hydrogens is 378 g/mol. The number of carbonyl (C=O) groups is 1. The first-order valence-electron chi connectivity index (χ1n) is 11.1. The molecule has 1 aromatic heterocycles. The lowest BCUT2D eigenvalue weighted by Gasteiger charge is -2.33. The van der Waals surface area contributed by atoms with Crippen LogP contribution in [0.2, 0.25) is 0 Å². The molecule has 0 aliphatic carbocycles. The maximum absolute atomic E-state index is 12.7. The number of carbonyl (C=O) groups excluding carboxylic acids is 1. The molecule has 1 aromatic carbocycles. The second-order valence-electron chi connectivity index (χ2n) is 7.99. The van der Waals surface area contributed by atoms with Gasteiger partial charge in [-0.1, -0.05) is 0 Å². The Kier molecular flexibility index (Phi) is 6.67. The lowest BCUT2D eigenvalue weighted by molar-refractivity contribution is -0.120. The average Bonchev–Trinajstić information content (AvgIpc) is 2.81. The van der Waals surface area contributed by atoms with E-state index in [0.717, 1.165) is 62.1 Å². The van der Waals surface area contributed by atoms with Gasteiger partial charge in [-0.25, -0.2) is 9.97 Å². The monoisotopic (exact) mass is 409 g/mol. The van der Waals surface area contributed by atoms with Crippen LogP contribution in [-0.4, -0.2) is 48.7 Å². The molecule has 2 aliphatic rings. The predicted octanol–water partition coefficient (Wildman–Crippen LogP) is 3.72. The van der Waals surface area contributed by atoms with Crippen LogP contribution in [0.25, 0.3) is 0 Å². The van der Waals surface area contributed by atoms with Gasteiger partial charge in [-0.15, -0.1) is 0 Å². The third kappa shape index (κ3) is 5.01. The molecule has 2 fully saturated rings. The highest BCUT2D eigenvalue weighted by molar-refractivity contribution is 5.92. The zero-order chi connectivity index (χ0) is 20.8. The van der Waals surface area contributed by atoms with Crippen molar-refractivity contribution in [3.8, 4) is 5.75 Å². The standard InChI is InChI=1S/C23H31N5O2/c1-2-30-20-8-6-19(7-9-20)26-23(29)18-10-14-28(15-11-18)22-16-21(24-17-25-22)27-12-4-3-5-13-27/h6-9,16-18H,2-5,10-15H2,1H3,(H,26,29). The lowest BCUT2D eigenvalue weighted by atomic mass is 9.95. The molecule has 0 saturated carbocycles. The molecule has 0 bridgehead atoms. The Morgan fingerprint density at radius 1 is 1.00 bits per heavy atom. The molecule has 7 nitrogen and oxygen atoms in total. The van der Waals surface area contributed by atoms with Crippen LogP contribution < -0.4 is 19.9 Å². The molecule has 1 N–H and O–H groups in total. The van der Waals surface area contributed by atoms with Gasteiger partial charge in [0.15, 0.2) is 0 Å². The molecular formula is C23H31N5O2. The van der Waals surface area contributed by atoms with Gasteiger partial charge in [0, 0.05) is 43.9 Å². The highest BCUT2D eigenvalue weighted by Gasteiger charge is 2.26. The molecule has 0 spiro atoms. The van der Waals surface area contributed by atoms with E-state index in [1.807, 2.05) is 31.2 Å². The average molecular weight is 410 g/mol. The number of anilines is 3. The van der Waals surface area contributed by atoms with Gasteiger partial charge in [0.05, 0.1) is 6.61 Å². The first-order chi connectivity index (χ1) is 14.7. The smallest absolute Gasteiger partial charge is 0.227 e. The van der Waals surface area contributed by atoms with E-state index in [1.54, 1.807) is 6.33 Å². The van der Waals surface area contributed by atoms with E-state index in [0.29, 0.717) is 6.61 Å². The zero-order valence-corrected chi connectivity index (χ0v) is 17.7. The first-order valence-corrected chi connectivity index (χ1v) is 11.1. The number of aromatic nitrogens is 2. The highest BCUT2D eigenvalue weighted by atomic mass is 16.5. The Balaban J connectivity index is 1.30. The number of rotatable bonds is 6.